The average Bonchev–Trinajstić information content (AvgIpc) is 3.90. The lowest BCUT2D eigenvalue weighted by atomic mass is 9.95. The minimum atomic E-state index is -0.664. The number of anilines is 1. The predicted molar refractivity (Wildman–Crippen MR) is 192 cm³/mol. The molecule has 2 saturated heterocycles. The molecule has 1 amide bonds. The van der Waals surface area contributed by atoms with E-state index in [1.54, 1.807) is 18.3 Å². The molecule has 0 spiro atoms. The maximum Gasteiger partial charge on any atom is 0.265 e. The molecule has 2 N–H and O–H groups in total. The Morgan fingerprint density at radius 2 is 1.87 bits per heavy atom. The molecule has 1 saturated carbocycles. The number of fused-ring (bicyclic) bond motifs is 2. The third-order valence-electron chi connectivity index (χ3n) is 11.0. The zero-order valence-corrected chi connectivity index (χ0v) is 28.9. The summed E-state index contributed by atoms with van der Waals surface area (Å²) in [5.41, 5.74) is 5.33. The minimum absolute atomic E-state index is 0.0501. The lowest BCUT2D eigenvalue weighted by molar-refractivity contribution is -0.0940. The van der Waals surface area contributed by atoms with Crippen LogP contribution in [0, 0.1) is 11.6 Å². The van der Waals surface area contributed by atoms with Crippen LogP contribution in [-0.2, 0) is 17.9 Å². The molecule has 0 radical (unpaired) electrons. The van der Waals surface area contributed by atoms with Crippen molar-refractivity contribution in [3.8, 4) is 28.3 Å². The van der Waals surface area contributed by atoms with Crippen LogP contribution < -0.4 is 9.64 Å². The lowest BCUT2D eigenvalue weighted by Gasteiger charge is -2.46. The number of pyridine rings is 2. The second-order valence-electron chi connectivity index (χ2n) is 14.4. The van der Waals surface area contributed by atoms with Crippen molar-refractivity contribution in [3.05, 3.63) is 94.8 Å². The molecule has 6 heterocycles. The van der Waals surface area contributed by atoms with Gasteiger partial charge >= 0.3 is 0 Å². The van der Waals surface area contributed by atoms with Gasteiger partial charge in [0, 0.05) is 55.6 Å². The van der Waals surface area contributed by atoms with Crippen LogP contribution in [0.2, 0.25) is 0 Å². The van der Waals surface area contributed by atoms with E-state index in [1.165, 1.54) is 23.1 Å². The maximum atomic E-state index is 15.5. The number of aromatic nitrogens is 3. The second kappa shape index (κ2) is 13.3. The number of nitrogens with zero attached hydrogens (tertiary/aromatic N) is 5. The fourth-order valence-electron chi connectivity index (χ4n) is 8.04. The molecule has 52 heavy (non-hydrogen) atoms. The number of hydrogen-bond acceptors (Lipinski definition) is 8. The summed E-state index contributed by atoms with van der Waals surface area (Å²) in [7, 11) is 0. The van der Waals surface area contributed by atoms with Gasteiger partial charge in [0.1, 0.15) is 35.2 Å². The summed E-state index contributed by atoms with van der Waals surface area (Å²) in [5.74, 6) is -1.43. The number of halogens is 2. The number of aromatic amines is 1. The number of aliphatic hydroxyl groups is 1. The van der Waals surface area contributed by atoms with E-state index in [0.29, 0.717) is 39.8 Å². The number of H-pyrrole nitrogens is 1. The summed E-state index contributed by atoms with van der Waals surface area (Å²) < 4.78 is 42.3. The minimum Gasteiger partial charge on any atom is -0.491 e. The van der Waals surface area contributed by atoms with Gasteiger partial charge in [-0.05, 0) is 90.4 Å². The van der Waals surface area contributed by atoms with Crippen molar-refractivity contribution in [1.82, 2.24) is 24.8 Å². The van der Waals surface area contributed by atoms with Crippen molar-refractivity contribution >= 4 is 22.6 Å². The van der Waals surface area contributed by atoms with Gasteiger partial charge in [-0.3, -0.25) is 19.6 Å². The standard InChI is InChI=1S/C40H40F2N6O4/c1-23-18-46(8-9-47(23)28-21-51-22-28)19-24-2-5-34(44-17-24)35-16-31-29(6-7-43-39(31)45-35)30-14-27(41)15-36(32(30)20-49)48-10-11-52-37-13-26(25-3-4-25)12-33(42)38(37)40(48)50/h2,5-7,12-17,23,25,28,49H,3-4,8-11,18-22H2,1H3,(H,43,45). The molecule has 3 aliphatic heterocycles. The van der Waals surface area contributed by atoms with E-state index >= 15 is 8.78 Å². The number of carbonyl (C=O) groups is 1. The van der Waals surface area contributed by atoms with Crippen molar-refractivity contribution in [3.63, 3.8) is 0 Å². The highest BCUT2D eigenvalue weighted by atomic mass is 19.1. The lowest BCUT2D eigenvalue weighted by Crippen LogP contribution is -2.60. The van der Waals surface area contributed by atoms with Crippen molar-refractivity contribution in [2.45, 2.75) is 50.9 Å². The van der Waals surface area contributed by atoms with Gasteiger partial charge in [0.2, 0.25) is 0 Å². The molecular formula is C40H40F2N6O4. The summed E-state index contributed by atoms with van der Waals surface area (Å²) >= 11 is 0. The van der Waals surface area contributed by atoms with E-state index in [-0.39, 0.29) is 36.1 Å². The second-order valence-corrected chi connectivity index (χ2v) is 14.4. The van der Waals surface area contributed by atoms with Crippen LogP contribution in [0.25, 0.3) is 33.5 Å². The van der Waals surface area contributed by atoms with Crippen molar-refractivity contribution < 1.29 is 28.2 Å². The van der Waals surface area contributed by atoms with Gasteiger partial charge in [0.15, 0.2) is 0 Å². The molecule has 5 aromatic rings. The molecule has 1 aliphatic carbocycles. The molecule has 4 aliphatic rings. The molecular weight excluding hydrogens is 666 g/mol. The van der Waals surface area contributed by atoms with Crippen molar-refractivity contribution in [1.29, 1.82) is 0 Å². The summed E-state index contributed by atoms with van der Waals surface area (Å²) in [6, 6.07) is 14.5. The monoisotopic (exact) mass is 706 g/mol. The highest BCUT2D eigenvalue weighted by molar-refractivity contribution is 6.09. The van der Waals surface area contributed by atoms with Gasteiger partial charge in [-0.25, -0.2) is 13.8 Å². The number of benzene rings is 2. The Kier molecular flexibility index (Phi) is 8.50. The molecule has 3 fully saturated rings. The third kappa shape index (κ3) is 6.03. The number of aliphatic hydroxyl groups excluding tert-OH is 1. The zero-order chi connectivity index (χ0) is 35.5. The van der Waals surface area contributed by atoms with Gasteiger partial charge in [-0.2, -0.15) is 0 Å². The highest BCUT2D eigenvalue weighted by Gasteiger charge is 2.35. The number of piperazine rings is 1. The molecule has 0 bridgehead atoms. The Hall–Kier alpha value is -4.75. The van der Waals surface area contributed by atoms with E-state index in [4.69, 9.17) is 14.5 Å². The molecule has 2 aromatic carbocycles. The first-order valence-corrected chi connectivity index (χ1v) is 18.0. The van der Waals surface area contributed by atoms with Crippen LogP contribution >= 0.6 is 0 Å². The van der Waals surface area contributed by atoms with Crippen LogP contribution in [0.1, 0.15) is 52.7 Å². The Morgan fingerprint density at radius 1 is 1.00 bits per heavy atom. The molecule has 1 atom stereocenters. The number of amides is 1. The first-order chi connectivity index (χ1) is 25.3. The largest absolute Gasteiger partial charge is 0.491 e. The zero-order valence-electron chi connectivity index (χ0n) is 28.9. The van der Waals surface area contributed by atoms with Gasteiger partial charge in [-0.15, -0.1) is 0 Å². The fraction of sp³-hybridized carbons (Fsp3) is 0.375. The van der Waals surface area contributed by atoms with E-state index in [1.807, 2.05) is 18.3 Å². The summed E-state index contributed by atoms with van der Waals surface area (Å²) in [5, 5.41) is 11.4. The van der Waals surface area contributed by atoms with Crippen LogP contribution in [0.3, 0.4) is 0 Å². The Labute approximate surface area is 300 Å². The number of rotatable bonds is 8. The fourth-order valence-corrected chi connectivity index (χ4v) is 8.04. The Morgan fingerprint density at radius 3 is 2.60 bits per heavy atom. The van der Waals surface area contributed by atoms with Crippen LogP contribution in [0.15, 0.2) is 60.9 Å². The van der Waals surface area contributed by atoms with E-state index in [0.717, 1.165) is 74.7 Å². The number of ether oxygens (including phenoxy) is 2. The van der Waals surface area contributed by atoms with Crippen LogP contribution in [0.4, 0.5) is 14.5 Å². The topological polar surface area (TPSA) is 107 Å². The molecule has 3 aromatic heterocycles. The van der Waals surface area contributed by atoms with E-state index in [9.17, 15) is 9.90 Å². The first-order valence-electron chi connectivity index (χ1n) is 18.0. The van der Waals surface area contributed by atoms with Gasteiger partial charge < -0.3 is 24.5 Å². The molecule has 12 heteroatoms. The molecule has 268 valence electrons. The summed E-state index contributed by atoms with van der Waals surface area (Å²) in [6.07, 6.45) is 5.48. The molecule has 9 rings (SSSR count). The number of nitrogens with one attached hydrogen (secondary N) is 1. The average molecular weight is 707 g/mol. The van der Waals surface area contributed by atoms with Crippen molar-refractivity contribution in [2.24, 2.45) is 0 Å². The van der Waals surface area contributed by atoms with Crippen LogP contribution in [-0.4, -0.2) is 93.8 Å². The quantitative estimate of drug-likeness (QED) is 0.206. The van der Waals surface area contributed by atoms with Crippen molar-refractivity contribution in [2.75, 3.05) is 50.9 Å². The van der Waals surface area contributed by atoms with Gasteiger partial charge in [-0.1, -0.05) is 6.07 Å². The number of carbonyl (C=O) groups excluding carboxylic acids is 1. The number of hydrogen-bond donors (Lipinski definition) is 2. The van der Waals surface area contributed by atoms with E-state index < -0.39 is 24.1 Å². The van der Waals surface area contributed by atoms with Gasteiger partial charge in [0.05, 0.1) is 49.5 Å². The maximum absolute atomic E-state index is 15.5. The van der Waals surface area contributed by atoms with Gasteiger partial charge in [0.25, 0.3) is 5.91 Å². The highest BCUT2D eigenvalue weighted by Crippen LogP contribution is 2.44. The predicted octanol–water partition coefficient (Wildman–Crippen LogP) is 5.88. The smallest absolute Gasteiger partial charge is 0.265 e. The van der Waals surface area contributed by atoms with E-state index in [2.05, 4.69) is 32.8 Å². The normalized spacial score (nSPS) is 20.1. The Balaban J connectivity index is 0.996. The summed E-state index contributed by atoms with van der Waals surface area (Å²) in [4.78, 5) is 32.9. The van der Waals surface area contributed by atoms with Crippen LogP contribution in [0.5, 0.6) is 5.75 Å². The Bertz CT molecular complexity index is 2170. The molecule has 1 unspecified atom stereocenters. The first kappa shape index (κ1) is 33.1. The third-order valence-corrected chi connectivity index (χ3v) is 11.0. The SMILES string of the molecule is CC1CN(Cc2ccc(-c3cc4c(-c5cc(F)cc(N6CCOc7cc(C8CC8)cc(F)c7C6=O)c5CO)ccnc4[nH]3)nc2)CCN1C1COC1. The summed E-state index contributed by atoms with van der Waals surface area (Å²) in [6.45, 7) is 7.45. The molecule has 10 nitrogen and oxygen atoms in total.